The second-order valence-corrected chi connectivity index (χ2v) is 4.90. The lowest BCUT2D eigenvalue weighted by molar-refractivity contribution is 0.215. The fraction of sp³-hybridized carbons (Fsp3) is 0.533. The first-order valence-electron chi connectivity index (χ1n) is 7.18. The summed E-state index contributed by atoms with van der Waals surface area (Å²) >= 11 is 0. The quantitative estimate of drug-likeness (QED) is 0.472. The fourth-order valence-corrected chi connectivity index (χ4v) is 2.53. The number of furan rings is 1. The van der Waals surface area contributed by atoms with Gasteiger partial charge < -0.3 is 15.1 Å². The maximum Gasteiger partial charge on any atom is 0.191 e. The highest BCUT2D eigenvalue weighted by molar-refractivity contribution is 5.79. The molecule has 5 heteroatoms. The van der Waals surface area contributed by atoms with Gasteiger partial charge in [0, 0.05) is 20.1 Å². The Morgan fingerprint density at radius 3 is 2.90 bits per heavy atom. The Hall–Kier alpha value is -1.75. The first kappa shape index (κ1) is 14.7. The van der Waals surface area contributed by atoms with Crippen LogP contribution in [0.15, 0.2) is 40.5 Å². The van der Waals surface area contributed by atoms with Gasteiger partial charge in [-0.25, -0.2) is 0 Å². The van der Waals surface area contributed by atoms with Crippen LogP contribution < -0.4 is 10.6 Å². The van der Waals surface area contributed by atoms with E-state index in [1.54, 1.807) is 13.3 Å². The summed E-state index contributed by atoms with van der Waals surface area (Å²) in [6.07, 6.45) is 6.09. The molecule has 0 aromatic carbocycles. The zero-order valence-corrected chi connectivity index (χ0v) is 12.1. The summed E-state index contributed by atoms with van der Waals surface area (Å²) in [7, 11) is 1.77. The molecule has 0 radical (unpaired) electrons. The average Bonchev–Trinajstić information content (AvgIpc) is 3.16. The monoisotopic (exact) mass is 276 g/mol. The highest BCUT2D eigenvalue weighted by Crippen LogP contribution is 2.24. The fourth-order valence-electron chi connectivity index (χ4n) is 2.53. The van der Waals surface area contributed by atoms with Gasteiger partial charge in [-0.15, -0.1) is 6.58 Å². The lowest BCUT2D eigenvalue weighted by Gasteiger charge is -2.26. The van der Waals surface area contributed by atoms with Crippen molar-refractivity contribution in [3.8, 4) is 0 Å². The normalized spacial score (nSPS) is 17.9. The van der Waals surface area contributed by atoms with Crippen molar-refractivity contribution in [1.82, 2.24) is 15.5 Å². The van der Waals surface area contributed by atoms with Gasteiger partial charge in [-0.05, 0) is 38.1 Å². The molecule has 1 unspecified atom stereocenters. The topological polar surface area (TPSA) is 52.8 Å². The van der Waals surface area contributed by atoms with Gasteiger partial charge in [-0.2, -0.15) is 0 Å². The largest absolute Gasteiger partial charge is 0.468 e. The van der Waals surface area contributed by atoms with Crippen LogP contribution in [0.3, 0.4) is 0 Å². The molecule has 1 atom stereocenters. The number of hydrogen-bond donors (Lipinski definition) is 2. The van der Waals surface area contributed by atoms with Crippen molar-refractivity contribution in [1.29, 1.82) is 0 Å². The van der Waals surface area contributed by atoms with Crippen molar-refractivity contribution in [2.45, 2.75) is 18.9 Å². The van der Waals surface area contributed by atoms with Gasteiger partial charge >= 0.3 is 0 Å². The summed E-state index contributed by atoms with van der Waals surface area (Å²) in [5.41, 5.74) is 0. The van der Waals surface area contributed by atoms with E-state index < -0.39 is 0 Å². The van der Waals surface area contributed by atoms with Crippen LogP contribution in [0.25, 0.3) is 0 Å². The van der Waals surface area contributed by atoms with Crippen LogP contribution in [0.4, 0.5) is 0 Å². The highest BCUT2D eigenvalue weighted by Gasteiger charge is 2.25. The zero-order chi connectivity index (χ0) is 14.2. The minimum absolute atomic E-state index is 0.259. The Kier molecular flexibility index (Phi) is 5.68. The first-order valence-corrected chi connectivity index (χ1v) is 7.18. The van der Waals surface area contributed by atoms with Crippen LogP contribution in [0, 0.1) is 0 Å². The van der Waals surface area contributed by atoms with E-state index >= 15 is 0 Å². The molecule has 0 saturated carbocycles. The lowest BCUT2D eigenvalue weighted by Crippen LogP contribution is -2.42. The van der Waals surface area contributed by atoms with E-state index in [0.717, 1.165) is 31.4 Å². The molecular weight excluding hydrogens is 252 g/mol. The van der Waals surface area contributed by atoms with Crippen LogP contribution in [-0.4, -0.2) is 44.1 Å². The van der Waals surface area contributed by atoms with Gasteiger partial charge in [-0.1, -0.05) is 6.08 Å². The number of hydrogen-bond acceptors (Lipinski definition) is 3. The SMILES string of the molecule is C=CCNC(=NC)NCC(c1ccco1)N1CCCC1. The second-order valence-electron chi connectivity index (χ2n) is 4.90. The molecule has 0 bridgehead atoms. The Labute approximate surface area is 120 Å². The van der Waals surface area contributed by atoms with Crippen LogP contribution in [0.5, 0.6) is 0 Å². The van der Waals surface area contributed by atoms with Crippen molar-refractivity contribution in [2.75, 3.05) is 33.2 Å². The maximum atomic E-state index is 5.60. The van der Waals surface area contributed by atoms with Crippen molar-refractivity contribution < 1.29 is 4.42 Å². The molecule has 1 aromatic rings. The van der Waals surface area contributed by atoms with E-state index in [-0.39, 0.29) is 6.04 Å². The summed E-state index contributed by atoms with van der Waals surface area (Å²) in [4.78, 5) is 6.67. The standard InChI is InChI=1S/C15H24N4O/c1-3-8-17-15(16-2)18-12-13(14-7-6-11-20-14)19-9-4-5-10-19/h3,6-7,11,13H,1,4-5,8-10,12H2,2H3,(H2,16,17,18). The number of guanidine groups is 1. The molecule has 110 valence electrons. The smallest absolute Gasteiger partial charge is 0.191 e. The third-order valence-electron chi connectivity index (χ3n) is 3.55. The van der Waals surface area contributed by atoms with E-state index in [1.165, 1.54) is 12.8 Å². The lowest BCUT2D eigenvalue weighted by atomic mass is 10.2. The summed E-state index contributed by atoms with van der Waals surface area (Å²) < 4.78 is 5.60. The molecule has 0 amide bonds. The molecular formula is C15H24N4O. The zero-order valence-electron chi connectivity index (χ0n) is 12.1. The third kappa shape index (κ3) is 3.87. The molecule has 2 heterocycles. The van der Waals surface area contributed by atoms with Gasteiger partial charge in [0.25, 0.3) is 0 Å². The molecule has 1 aliphatic rings. The molecule has 2 rings (SSSR count). The number of nitrogens with zero attached hydrogens (tertiary/aromatic N) is 2. The Morgan fingerprint density at radius 1 is 1.50 bits per heavy atom. The van der Waals surface area contributed by atoms with E-state index in [0.29, 0.717) is 6.54 Å². The average molecular weight is 276 g/mol. The predicted octanol–water partition coefficient (Wildman–Crippen LogP) is 1.77. The maximum absolute atomic E-state index is 5.60. The van der Waals surface area contributed by atoms with E-state index in [1.807, 2.05) is 18.2 Å². The summed E-state index contributed by atoms with van der Waals surface area (Å²) in [6, 6.07) is 4.25. The summed E-state index contributed by atoms with van der Waals surface area (Å²) in [6.45, 7) is 7.44. The number of likely N-dealkylation sites (tertiary alicyclic amines) is 1. The van der Waals surface area contributed by atoms with Crippen molar-refractivity contribution in [3.63, 3.8) is 0 Å². The predicted molar refractivity (Wildman–Crippen MR) is 81.8 cm³/mol. The Balaban J connectivity index is 1.95. The van der Waals surface area contributed by atoms with E-state index in [9.17, 15) is 0 Å². The molecule has 5 nitrogen and oxygen atoms in total. The van der Waals surface area contributed by atoms with Crippen molar-refractivity contribution in [2.24, 2.45) is 4.99 Å². The Morgan fingerprint density at radius 2 is 2.30 bits per heavy atom. The van der Waals surface area contributed by atoms with Gasteiger partial charge in [0.1, 0.15) is 5.76 Å². The van der Waals surface area contributed by atoms with E-state index in [2.05, 4.69) is 27.1 Å². The van der Waals surface area contributed by atoms with Crippen LogP contribution in [-0.2, 0) is 0 Å². The van der Waals surface area contributed by atoms with Gasteiger partial charge in [-0.3, -0.25) is 9.89 Å². The molecule has 20 heavy (non-hydrogen) atoms. The molecule has 0 aliphatic carbocycles. The minimum Gasteiger partial charge on any atom is -0.468 e. The molecule has 1 aliphatic heterocycles. The summed E-state index contributed by atoms with van der Waals surface area (Å²) in [5, 5.41) is 6.54. The molecule has 2 N–H and O–H groups in total. The molecule has 1 aromatic heterocycles. The van der Waals surface area contributed by atoms with E-state index in [4.69, 9.17) is 4.42 Å². The van der Waals surface area contributed by atoms with Crippen LogP contribution >= 0.6 is 0 Å². The number of rotatable bonds is 6. The molecule has 1 saturated heterocycles. The number of aliphatic imine (C=N–C) groups is 1. The number of nitrogens with one attached hydrogen (secondary N) is 2. The first-order chi connectivity index (χ1) is 9.85. The highest BCUT2D eigenvalue weighted by atomic mass is 16.3. The van der Waals surface area contributed by atoms with Gasteiger partial charge in [0.05, 0.1) is 12.3 Å². The van der Waals surface area contributed by atoms with Crippen molar-refractivity contribution in [3.05, 3.63) is 36.8 Å². The minimum atomic E-state index is 0.259. The molecule has 1 fully saturated rings. The third-order valence-corrected chi connectivity index (χ3v) is 3.55. The molecule has 0 spiro atoms. The van der Waals surface area contributed by atoms with Crippen LogP contribution in [0.1, 0.15) is 24.6 Å². The van der Waals surface area contributed by atoms with Crippen molar-refractivity contribution >= 4 is 5.96 Å². The van der Waals surface area contributed by atoms with Gasteiger partial charge in [0.15, 0.2) is 5.96 Å². The van der Waals surface area contributed by atoms with Crippen LogP contribution in [0.2, 0.25) is 0 Å². The Bertz CT molecular complexity index is 421. The second kappa shape index (κ2) is 7.75. The summed E-state index contributed by atoms with van der Waals surface area (Å²) in [5.74, 6) is 1.80. The van der Waals surface area contributed by atoms with Gasteiger partial charge in [0.2, 0.25) is 0 Å².